The number of carbonyl (C=O) groups excluding carboxylic acids is 1. The Morgan fingerprint density at radius 1 is 1.08 bits per heavy atom. The first-order valence-electron chi connectivity index (χ1n) is 8.21. The molecule has 138 valence electrons. The maximum Gasteiger partial charge on any atom is 0.416 e. The van der Waals surface area contributed by atoms with E-state index in [0.29, 0.717) is 0 Å². The standard InChI is InChI=1S/C18H19F3N4O/c1-24-8-10-25(11-9-24)15-6-7-22-16(12-15)17(26)23-14-4-2-13(3-5-14)18(19,20)21/h2-7,12H,8-11H2,1H3,(H,23,26). The molecule has 5 nitrogen and oxygen atoms in total. The molecule has 1 N–H and O–H groups in total. The lowest BCUT2D eigenvalue weighted by Gasteiger charge is -2.34. The van der Waals surface area contributed by atoms with Gasteiger partial charge in [0.2, 0.25) is 0 Å². The minimum absolute atomic E-state index is 0.223. The van der Waals surface area contributed by atoms with Crippen LogP contribution in [0.4, 0.5) is 24.5 Å². The lowest BCUT2D eigenvalue weighted by molar-refractivity contribution is -0.137. The minimum Gasteiger partial charge on any atom is -0.369 e. The number of hydrogen-bond donors (Lipinski definition) is 1. The van der Waals surface area contributed by atoms with Crippen molar-refractivity contribution in [2.24, 2.45) is 0 Å². The SMILES string of the molecule is CN1CCN(c2ccnc(C(=O)Nc3ccc(C(F)(F)F)cc3)c2)CC1. The summed E-state index contributed by atoms with van der Waals surface area (Å²) in [5, 5.41) is 2.58. The summed E-state index contributed by atoms with van der Waals surface area (Å²) in [5.74, 6) is -0.458. The van der Waals surface area contributed by atoms with E-state index in [0.717, 1.165) is 44.0 Å². The summed E-state index contributed by atoms with van der Waals surface area (Å²) in [7, 11) is 2.06. The Hall–Kier alpha value is -2.61. The molecule has 0 aliphatic carbocycles. The van der Waals surface area contributed by atoms with Gasteiger partial charge in [0.15, 0.2) is 0 Å². The Morgan fingerprint density at radius 2 is 1.73 bits per heavy atom. The molecule has 1 fully saturated rings. The van der Waals surface area contributed by atoms with Crippen molar-refractivity contribution in [3.8, 4) is 0 Å². The highest BCUT2D eigenvalue weighted by atomic mass is 19.4. The van der Waals surface area contributed by atoms with E-state index in [1.807, 2.05) is 6.07 Å². The summed E-state index contributed by atoms with van der Waals surface area (Å²) in [6, 6.07) is 7.87. The molecule has 0 spiro atoms. The molecule has 2 heterocycles. The molecule has 0 atom stereocenters. The molecule has 1 aliphatic rings. The zero-order chi connectivity index (χ0) is 18.7. The molecular formula is C18H19F3N4O. The smallest absolute Gasteiger partial charge is 0.369 e. The molecule has 0 unspecified atom stereocenters. The second-order valence-electron chi connectivity index (χ2n) is 6.22. The summed E-state index contributed by atoms with van der Waals surface area (Å²) in [6.07, 6.45) is -2.84. The van der Waals surface area contributed by atoms with Crippen molar-refractivity contribution >= 4 is 17.3 Å². The highest BCUT2D eigenvalue weighted by Crippen LogP contribution is 2.29. The third-order valence-electron chi connectivity index (χ3n) is 4.31. The van der Waals surface area contributed by atoms with Crippen LogP contribution in [0, 0.1) is 0 Å². The monoisotopic (exact) mass is 364 g/mol. The van der Waals surface area contributed by atoms with Crippen LogP contribution in [0.1, 0.15) is 16.1 Å². The average molecular weight is 364 g/mol. The maximum atomic E-state index is 12.6. The van der Waals surface area contributed by atoms with Crippen LogP contribution in [0.15, 0.2) is 42.6 Å². The van der Waals surface area contributed by atoms with E-state index in [-0.39, 0.29) is 11.4 Å². The number of halogens is 3. The molecule has 1 saturated heterocycles. The topological polar surface area (TPSA) is 48.5 Å². The third-order valence-corrected chi connectivity index (χ3v) is 4.31. The largest absolute Gasteiger partial charge is 0.416 e. The molecule has 2 aromatic rings. The van der Waals surface area contributed by atoms with E-state index in [9.17, 15) is 18.0 Å². The van der Waals surface area contributed by atoms with E-state index in [1.165, 1.54) is 12.1 Å². The molecular weight excluding hydrogens is 345 g/mol. The predicted molar refractivity (Wildman–Crippen MR) is 93.3 cm³/mol. The lowest BCUT2D eigenvalue weighted by Crippen LogP contribution is -2.44. The van der Waals surface area contributed by atoms with Crippen LogP contribution in [0.25, 0.3) is 0 Å². The first kappa shape index (κ1) is 18.2. The fraction of sp³-hybridized carbons (Fsp3) is 0.333. The van der Waals surface area contributed by atoms with Crippen molar-refractivity contribution in [3.05, 3.63) is 53.9 Å². The number of aromatic nitrogens is 1. The third kappa shape index (κ3) is 4.32. The van der Waals surface area contributed by atoms with Gasteiger partial charge in [0, 0.05) is 43.8 Å². The number of hydrogen-bond acceptors (Lipinski definition) is 4. The van der Waals surface area contributed by atoms with Crippen LogP contribution >= 0.6 is 0 Å². The fourth-order valence-corrected chi connectivity index (χ4v) is 2.74. The zero-order valence-corrected chi connectivity index (χ0v) is 14.3. The number of nitrogens with zero attached hydrogens (tertiary/aromatic N) is 3. The van der Waals surface area contributed by atoms with E-state index < -0.39 is 17.6 Å². The van der Waals surface area contributed by atoms with Gasteiger partial charge in [0.05, 0.1) is 5.56 Å². The van der Waals surface area contributed by atoms with Crippen molar-refractivity contribution in [2.75, 3.05) is 43.4 Å². The van der Waals surface area contributed by atoms with Gasteiger partial charge >= 0.3 is 6.18 Å². The lowest BCUT2D eigenvalue weighted by atomic mass is 10.2. The first-order valence-corrected chi connectivity index (χ1v) is 8.21. The molecule has 1 aliphatic heterocycles. The summed E-state index contributed by atoms with van der Waals surface area (Å²) in [5.41, 5.74) is 0.660. The zero-order valence-electron chi connectivity index (χ0n) is 14.3. The number of rotatable bonds is 3. The summed E-state index contributed by atoms with van der Waals surface area (Å²) >= 11 is 0. The molecule has 0 bridgehead atoms. The number of pyridine rings is 1. The molecule has 0 radical (unpaired) electrons. The second-order valence-corrected chi connectivity index (χ2v) is 6.22. The van der Waals surface area contributed by atoms with E-state index in [1.54, 1.807) is 12.3 Å². The Labute approximate surface area is 149 Å². The van der Waals surface area contributed by atoms with E-state index in [2.05, 4.69) is 27.1 Å². The first-order chi connectivity index (χ1) is 12.3. The minimum atomic E-state index is -4.40. The van der Waals surface area contributed by atoms with Gasteiger partial charge in [-0.2, -0.15) is 13.2 Å². The van der Waals surface area contributed by atoms with Crippen LogP contribution in [0.2, 0.25) is 0 Å². The van der Waals surface area contributed by atoms with Gasteiger partial charge in [-0.15, -0.1) is 0 Å². The Balaban J connectivity index is 1.69. The van der Waals surface area contributed by atoms with Crippen molar-refractivity contribution in [3.63, 3.8) is 0 Å². The van der Waals surface area contributed by atoms with Crippen LogP contribution < -0.4 is 10.2 Å². The Kier molecular flexibility index (Phi) is 5.13. The molecule has 1 amide bonds. The molecule has 8 heteroatoms. The van der Waals surface area contributed by atoms with Crippen LogP contribution in [0.5, 0.6) is 0 Å². The van der Waals surface area contributed by atoms with Gasteiger partial charge in [-0.05, 0) is 43.4 Å². The average Bonchev–Trinajstić information content (AvgIpc) is 2.62. The summed E-state index contributed by atoms with van der Waals surface area (Å²) < 4.78 is 37.8. The van der Waals surface area contributed by atoms with E-state index in [4.69, 9.17) is 0 Å². The number of benzene rings is 1. The Morgan fingerprint density at radius 3 is 2.35 bits per heavy atom. The predicted octanol–water partition coefficient (Wildman–Crippen LogP) is 3.10. The summed E-state index contributed by atoms with van der Waals surface area (Å²) in [6.45, 7) is 3.60. The van der Waals surface area contributed by atoms with Gasteiger partial charge in [-0.3, -0.25) is 9.78 Å². The number of piperazine rings is 1. The second kappa shape index (κ2) is 7.33. The molecule has 1 aromatic carbocycles. The van der Waals surface area contributed by atoms with Gasteiger partial charge < -0.3 is 15.1 Å². The van der Waals surface area contributed by atoms with Crippen LogP contribution in [-0.2, 0) is 6.18 Å². The van der Waals surface area contributed by atoms with Gasteiger partial charge in [-0.1, -0.05) is 0 Å². The molecule has 3 rings (SSSR count). The van der Waals surface area contributed by atoms with Gasteiger partial charge in [0.1, 0.15) is 5.69 Å². The van der Waals surface area contributed by atoms with Crippen molar-refractivity contribution in [1.29, 1.82) is 0 Å². The number of alkyl halides is 3. The van der Waals surface area contributed by atoms with E-state index >= 15 is 0 Å². The van der Waals surface area contributed by atoms with Gasteiger partial charge in [0.25, 0.3) is 5.91 Å². The quantitative estimate of drug-likeness (QED) is 0.909. The number of anilines is 2. The fourth-order valence-electron chi connectivity index (χ4n) is 2.74. The number of nitrogens with one attached hydrogen (secondary N) is 1. The Bertz CT molecular complexity index is 769. The molecule has 0 saturated carbocycles. The van der Waals surface area contributed by atoms with Crippen LogP contribution in [-0.4, -0.2) is 49.0 Å². The highest BCUT2D eigenvalue weighted by Gasteiger charge is 2.30. The number of amides is 1. The van der Waals surface area contributed by atoms with Crippen LogP contribution in [0.3, 0.4) is 0 Å². The number of likely N-dealkylation sites (N-methyl/N-ethyl adjacent to an activating group) is 1. The maximum absolute atomic E-state index is 12.6. The highest BCUT2D eigenvalue weighted by molar-refractivity contribution is 6.03. The van der Waals surface area contributed by atoms with Crippen molar-refractivity contribution in [1.82, 2.24) is 9.88 Å². The van der Waals surface area contributed by atoms with Gasteiger partial charge in [-0.25, -0.2) is 0 Å². The molecule has 26 heavy (non-hydrogen) atoms. The van der Waals surface area contributed by atoms with Crippen molar-refractivity contribution < 1.29 is 18.0 Å². The molecule has 1 aromatic heterocycles. The summed E-state index contributed by atoms with van der Waals surface area (Å²) in [4.78, 5) is 20.8. The van der Waals surface area contributed by atoms with Crippen molar-refractivity contribution in [2.45, 2.75) is 6.18 Å². The normalized spacial score (nSPS) is 15.8. The number of carbonyl (C=O) groups is 1.